The Morgan fingerprint density at radius 2 is 1.87 bits per heavy atom. The monoisotopic (exact) mass is 497 g/mol. The number of nitrogens with zero attached hydrogens (tertiary/aromatic N) is 3. The van der Waals surface area contributed by atoms with Crippen molar-refractivity contribution in [3.05, 3.63) is 68.9 Å². The van der Waals surface area contributed by atoms with Crippen molar-refractivity contribution in [2.75, 3.05) is 11.1 Å². The molecule has 2 N–H and O–H groups in total. The number of anilines is 1. The maximum atomic E-state index is 12.4. The van der Waals surface area contributed by atoms with Crippen LogP contribution in [0.2, 0.25) is 15.1 Å². The maximum Gasteiger partial charge on any atom is 0.251 e. The number of carbonyl (C=O) groups excluding carboxylic acids is 2. The first kappa shape index (κ1) is 23.4. The van der Waals surface area contributed by atoms with Crippen molar-refractivity contribution in [3.8, 4) is 0 Å². The lowest BCUT2D eigenvalue weighted by Crippen LogP contribution is -2.24. The Hall–Kier alpha value is -2.26. The topological polar surface area (TPSA) is 88.9 Å². The van der Waals surface area contributed by atoms with Crippen LogP contribution in [-0.4, -0.2) is 32.3 Å². The van der Waals surface area contributed by atoms with Crippen LogP contribution >= 0.6 is 46.6 Å². The Balaban J connectivity index is 1.57. The molecular formula is C20H18Cl3N5O2S. The third-order valence-corrected chi connectivity index (χ3v) is 6.08. The highest BCUT2D eigenvalue weighted by molar-refractivity contribution is 7.99. The number of halogens is 3. The molecule has 0 radical (unpaired) electrons. The molecular weight excluding hydrogens is 481 g/mol. The SMILES string of the molecule is CCn1c(CNC(=O)c2ccc(Cl)c(Cl)c2)nnc1SCC(=O)Nc1cccc(Cl)c1. The first-order valence-corrected chi connectivity index (χ1v) is 11.3. The summed E-state index contributed by atoms with van der Waals surface area (Å²) in [6.45, 7) is 2.70. The third-order valence-electron chi connectivity index (χ3n) is 4.14. The summed E-state index contributed by atoms with van der Waals surface area (Å²) in [7, 11) is 0. The largest absolute Gasteiger partial charge is 0.345 e. The van der Waals surface area contributed by atoms with E-state index in [1.165, 1.54) is 17.8 Å². The molecule has 2 aromatic carbocycles. The van der Waals surface area contributed by atoms with Gasteiger partial charge in [0.15, 0.2) is 11.0 Å². The van der Waals surface area contributed by atoms with Gasteiger partial charge in [0.1, 0.15) is 0 Å². The minimum absolute atomic E-state index is 0.153. The average Bonchev–Trinajstić information content (AvgIpc) is 3.14. The van der Waals surface area contributed by atoms with Gasteiger partial charge in [-0.1, -0.05) is 52.6 Å². The minimum Gasteiger partial charge on any atom is -0.345 e. The first-order valence-electron chi connectivity index (χ1n) is 9.21. The lowest BCUT2D eigenvalue weighted by Gasteiger charge is -2.09. The van der Waals surface area contributed by atoms with E-state index in [2.05, 4.69) is 20.8 Å². The molecule has 0 aliphatic rings. The van der Waals surface area contributed by atoms with E-state index >= 15 is 0 Å². The molecule has 0 unspecified atom stereocenters. The normalized spacial score (nSPS) is 10.7. The number of benzene rings is 2. The van der Waals surface area contributed by atoms with Crippen molar-refractivity contribution in [2.45, 2.75) is 25.2 Å². The van der Waals surface area contributed by atoms with E-state index in [0.29, 0.717) is 43.8 Å². The number of aromatic nitrogens is 3. The Morgan fingerprint density at radius 3 is 2.58 bits per heavy atom. The molecule has 2 amide bonds. The Kier molecular flexibility index (Phi) is 8.20. The van der Waals surface area contributed by atoms with Gasteiger partial charge in [0.05, 0.1) is 22.3 Å². The fraction of sp³-hybridized carbons (Fsp3) is 0.200. The highest BCUT2D eigenvalue weighted by Gasteiger charge is 2.15. The van der Waals surface area contributed by atoms with Crippen LogP contribution in [0, 0.1) is 0 Å². The number of hydrogen-bond acceptors (Lipinski definition) is 5. The number of carbonyl (C=O) groups is 2. The summed E-state index contributed by atoms with van der Waals surface area (Å²) in [6.07, 6.45) is 0. The Bertz CT molecular complexity index is 1110. The molecule has 3 rings (SSSR count). The zero-order valence-electron chi connectivity index (χ0n) is 16.4. The smallest absolute Gasteiger partial charge is 0.251 e. The highest BCUT2D eigenvalue weighted by atomic mass is 35.5. The van der Waals surface area contributed by atoms with Crippen molar-refractivity contribution in [1.29, 1.82) is 0 Å². The van der Waals surface area contributed by atoms with Gasteiger partial charge in [-0.25, -0.2) is 0 Å². The molecule has 162 valence electrons. The highest BCUT2D eigenvalue weighted by Crippen LogP contribution is 2.23. The van der Waals surface area contributed by atoms with Gasteiger partial charge in [0.2, 0.25) is 5.91 Å². The zero-order valence-corrected chi connectivity index (χ0v) is 19.4. The zero-order chi connectivity index (χ0) is 22.4. The van der Waals surface area contributed by atoms with E-state index in [4.69, 9.17) is 34.8 Å². The number of hydrogen-bond donors (Lipinski definition) is 2. The minimum atomic E-state index is -0.306. The van der Waals surface area contributed by atoms with E-state index in [0.717, 1.165) is 0 Å². The van der Waals surface area contributed by atoms with Crippen LogP contribution in [0.4, 0.5) is 5.69 Å². The molecule has 31 heavy (non-hydrogen) atoms. The summed E-state index contributed by atoms with van der Waals surface area (Å²) in [5, 5.41) is 15.7. The van der Waals surface area contributed by atoms with Crippen LogP contribution in [0.15, 0.2) is 47.6 Å². The van der Waals surface area contributed by atoms with E-state index in [-0.39, 0.29) is 24.1 Å². The van der Waals surface area contributed by atoms with Crippen LogP contribution in [0.1, 0.15) is 23.1 Å². The molecule has 1 heterocycles. The summed E-state index contributed by atoms with van der Waals surface area (Å²) >= 11 is 19.0. The molecule has 0 spiro atoms. The predicted octanol–water partition coefficient (Wildman–Crippen LogP) is 4.92. The van der Waals surface area contributed by atoms with Crippen LogP contribution in [0.3, 0.4) is 0 Å². The van der Waals surface area contributed by atoms with Crippen molar-refractivity contribution >= 4 is 64.1 Å². The van der Waals surface area contributed by atoms with Crippen LogP contribution in [0.5, 0.6) is 0 Å². The molecule has 0 bridgehead atoms. The molecule has 0 aliphatic heterocycles. The second kappa shape index (κ2) is 10.9. The number of rotatable bonds is 8. The van der Waals surface area contributed by atoms with Crippen LogP contribution in [0.25, 0.3) is 0 Å². The fourth-order valence-electron chi connectivity index (χ4n) is 2.67. The average molecular weight is 499 g/mol. The Morgan fingerprint density at radius 1 is 1.06 bits per heavy atom. The van der Waals surface area contributed by atoms with Gasteiger partial charge in [-0.2, -0.15) is 0 Å². The van der Waals surface area contributed by atoms with E-state index in [9.17, 15) is 9.59 Å². The second-order valence-electron chi connectivity index (χ2n) is 6.30. The summed E-state index contributed by atoms with van der Waals surface area (Å²) in [5.41, 5.74) is 1.02. The number of thioether (sulfide) groups is 1. The number of amides is 2. The molecule has 3 aromatic rings. The molecule has 1 aromatic heterocycles. The van der Waals surface area contributed by atoms with Gasteiger partial charge in [0, 0.05) is 22.8 Å². The molecule has 0 aliphatic carbocycles. The van der Waals surface area contributed by atoms with Gasteiger partial charge in [-0.05, 0) is 43.3 Å². The first-order chi connectivity index (χ1) is 14.9. The molecule has 0 saturated carbocycles. The van der Waals surface area contributed by atoms with Gasteiger partial charge in [-0.3, -0.25) is 9.59 Å². The van der Waals surface area contributed by atoms with E-state index < -0.39 is 0 Å². The standard InChI is InChI=1S/C20H18Cl3N5O2S/c1-2-28-17(10-24-19(30)12-6-7-15(22)16(23)8-12)26-27-20(28)31-11-18(29)25-14-5-3-4-13(21)9-14/h3-9H,2,10-11H2,1H3,(H,24,30)(H,25,29). The molecule has 7 nitrogen and oxygen atoms in total. The lowest BCUT2D eigenvalue weighted by molar-refractivity contribution is -0.113. The molecule has 0 fully saturated rings. The van der Waals surface area contributed by atoms with Crippen molar-refractivity contribution in [1.82, 2.24) is 20.1 Å². The van der Waals surface area contributed by atoms with E-state index in [1.807, 2.05) is 11.5 Å². The van der Waals surface area contributed by atoms with E-state index in [1.54, 1.807) is 36.4 Å². The molecule has 0 atom stereocenters. The van der Waals surface area contributed by atoms with Crippen molar-refractivity contribution in [3.63, 3.8) is 0 Å². The summed E-state index contributed by atoms with van der Waals surface area (Å²) in [5.74, 6) is 0.237. The third kappa shape index (κ3) is 6.36. The van der Waals surface area contributed by atoms with Gasteiger partial charge in [-0.15, -0.1) is 10.2 Å². The maximum absolute atomic E-state index is 12.4. The predicted molar refractivity (Wildman–Crippen MR) is 124 cm³/mol. The quantitative estimate of drug-likeness (QED) is 0.430. The lowest BCUT2D eigenvalue weighted by atomic mass is 10.2. The second-order valence-corrected chi connectivity index (χ2v) is 8.50. The van der Waals surface area contributed by atoms with Crippen molar-refractivity contribution < 1.29 is 9.59 Å². The van der Waals surface area contributed by atoms with Crippen LogP contribution in [-0.2, 0) is 17.9 Å². The molecule has 0 saturated heterocycles. The summed E-state index contributed by atoms with van der Waals surface area (Å²) < 4.78 is 1.84. The summed E-state index contributed by atoms with van der Waals surface area (Å²) in [6, 6.07) is 11.6. The summed E-state index contributed by atoms with van der Waals surface area (Å²) in [4.78, 5) is 24.6. The van der Waals surface area contributed by atoms with Crippen molar-refractivity contribution in [2.24, 2.45) is 0 Å². The van der Waals surface area contributed by atoms with Crippen LogP contribution < -0.4 is 10.6 Å². The number of nitrogens with one attached hydrogen (secondary N) is 2. The van der Waals surface area contributed by atoms with Gasteiger partial charge < -0.3 is 15.2 Å². The fourth-order valence-corrected chi connectivity index (χ4v) is 3.98. The van der Waals surface area contributed by atoms with Gasteiger partial charge in [0.25, 0.3) is 5.91 Å². The Labute approximate surface area is 198 Å². The van der Waals surface area contributed by atoms with Gasteiger partial charge >= 0.3 is 0 Å². The molecule has 11 heteroatoms.